The molecule has 2 saturated heterocycles. The van der Waals surface area contributed by atoms with Crippen molar-refractivity contribution in [2.75, 3.05) is 50.7 Å². The fraction of sp³-hybridized carbons (Fsp3) is 0.529. The van der Waals surface area contributed by atoms with Crippen molar-refractivity contribution in [3.05, 3.63) is 29.3 Å². The quantitative estimate of drug-likeness (QED) is 0.796. The van der Waals surface area contributed by atoms with Crippen LogP contribution in [0.5, 0.6) is 0 Å². The molecule has 2 aliphatic heterocycles. The molecule has 1 atom stereocenters. The number of piperazine rings is 1. The third-order valence-corrected chi connectivity index (χ3v) is 4.82. The number of halogens is 2. The average molecular weight is 387 g/mol. The van der Waals surface area contributed by atoms with Gasteiger partial charge < -0.3 is 15.5 Å². The van der Waals surface area contributed by atoms with Crippen molar-refractivity contribution >= 4 is 41.5 Å². The Morgan fingerprint density at radius 3 is 2.60 bits per heavy atom. The summed E-state index contributed by atoms with van der Waals surface area (Å²) in [4.78, 5) is 28.5. The van der Waals surface area contributed by atoms with Crippen LogP contribution in [-0.2, 0) is 9.59 Å². The van der Waals surface area contributed by atoms with Crippen molar-refractivity contribution in [3.63, 3.8) is 0 Å². The van der Waals surface area contributed by atoms with Crippen LogP contribution in [0.25, 0.3) is 0 Å². The Balaban J connectivity index is 0.00000225. The number of benzene rings is 1. The number of anilines is 1. The molecule has 2 aliphatic rings. The van der Waals surface area contributed by atoms with Crippen LogP contribution in [0.3, 0.4) is 0 Å². The molecule has 6 nitrogen and oxygen atoms in total. The molecule has 2 fully saturated rings. The molecule has 138 valence electrons. The predicted octanol–water partition coefficient (Wildman–Crippen LogP) is 1.14. The van der Waals surface area contributed by atoms with E-state index in [0.717, 1.165) is 38.4 Å². The number of nitrogens with one attached hydrogen (secondary N) is 2. The summed E-state index contributed by atoms with van der Waals surface area (Å²) in [6.07, 6.45) is 0.266. The summed E-state index contributed by atoms with van der Waals surface area (Å²) in [6.45, 7) is 5.95. The van der Waals surface area contributed by atoms with E-state index in [1.807, 2.05) is 12.1 Å². The Labute approximate surface area is 159 Å². The Morgan fingerprint density at radius 1 is 1.24 bits per heavy atom. The second-order valence-corrected chi connectivity index (χ2v) is 6.70. The molecule has 0 spiro atoms. The zero-order valence-corrected chi connectivity index (χ0v) is 15.6. The Hall–Kier alpha value is -1.34. The van der Waals surface area contributed by atoms with Gasteiger partial charge in [0.05, 0.1) is 5.92 Å². The maximum absolute atomic E-state index is 12.3. The Kier molecular flexibility index (Phi) is 7.50. The number of hydrogen-bond acceptors (Lipinski definition) is 4. The molecule has 25 heavy (non-hydrogen) atoms. The van der Waals surface area contributed by atoms with Crippen LogP contribution in [0.2, 0.25) is 5.02 Å². The molecule has 3 rings (SSSR count). The number of hydrogen-bond donors (Lipinski definition) is 2. The van der Waals surface area contributed by atoms with E-state index >= 15 is 0 Å². The standard InChI is InChI=1S/C17H23ClN4O2.ClH/c18-14-1-3-15(4-2-14)22-12-13(11-16(22)23)17(24)20-7-10-21-8-5-19-6-9-21;/h1-4,13,19H,5-12H2,(H,20,24);1H. The lowest BCUT2D eigenvalue weighted by molar-refractivity contribution is -0.126. The fourth-order valence-corrected chi connectivity index (χ4v) is 3.30. The van der Waals surface area contributed by atoms with E-state index in [1.165, 1.54) is 0 Å². The van der Waals surface area contributed by atoms with E-state index in [2.05, 4.69) is 15.5 Å². The minimum absolute atomic E-state index is 0. The van der Waals surface area contributed by atoms with E-state index in [4.69, 9.17) is 11.6 Å². The molecule has 1 unspecified atom stereocenters. The number of rotatable bonds is 5. The van der Waals surface area contributed by atoms with Crippen LogP contribution in [0.1, 0.15) is 6.42 Å². The zero-order chi connectivity index (χ0) is 16.9. The molecule has 2 heterocycles. The second-order valence-electron chi connectivity index (χ2n) is 6.26. The van der Waals surface area contributed by atoms with Crippen molar-refractivity contribution in [2.45, 2.75) is 6.42 Å². The largest absolute Gasteiger partial charge is 0.355 e. The van der Waals surface area contributed by atoms with Crippen molar-refractivity contribution in [1.29, 1.82) is 0 Å². The smallest absolute Gasteiger partial charge is 0.227 e. The van der Waals surface area contributed by atoms with Crippen molar-refractivity contribution in [3.8, 4) is 0 Å². The van der Waals surface area contributed by atoms with E-state index in [0.29, 0.717) is 18.1 Å². The normalized spacial score (nSPS) is 21.1. The minimum atomic E-state index is -0.281. The van der Waals surface area contributed by atoms with Gasteiger partial charge in [0.25, 0.3) is 0 Å². The number of carbonyl (C=O) groups excluding carboxylic acids is 2. The molecule has 8 heteroatoms. The molecule has 0 radical (unpaired) electrons. The minimum Gasteiger partial charge on any atom is -0.355 e. The van der Waals surface area contributed by atoms with Gasteiger partial charge in [-0.25, -0.2) is 0 Å². The molecule has 0 aliphatic carbocycles. The summed E-state index contributed by atoms with van der Waals surface area (Å²) in [5, 5.41) is 6.91. The van der Waals surface area contributed by atoms with E-state index < -0.39 is 0 Å². The lowest BCUT2D eigenvalue weighted by Crippen LogP contribution is -2.46. The third kappa shape index (κ3) is 5.31. The second kappa shape index (κ2) is 9.38. The highest BCUT2D eigenvalue weighted by Crippen LogP contribution is 2.26. The van der Waals surface area contributed by atoms with Gasteiger partial charge in [-0.2, -0.15) is 0 Å². The van der Waals surface area contributed by atoms with Gasteiger partial charge in [-0.3, -0.25) is 14.5 Å². The van der Waals surface area contributed by atoms with Gasteiger partial charge in [0.15, 0.2) is 0 Å². The van der Waals surface area contributed by atoms with Gasteiger partial charge in [0.2, 0.25) is 11.8 Å². The van der Waals surface area contributed by atoms with Gasteiger partial charge in [-0.15, -0.1) is 12.4 Å². The molecule has 0 saturated carbocycles. The Bertz CT molecular complexity index is 591. The number of carbonyl (C=O) groups is 2. The van der Waals surface area contributed by atoms with Gasteiger partial charge in [0.1, 0.15) is 0 Å². The van der Waals surface area contributed by atoms with Crippen LogP contribution < -0.4 is 15.5 Å². The lowest BCUT2D eigenvalue weighted by Gasteiger charge is -2.27. The highest BCUT2D eigenvalue weighted by Gasteiger charge is 2.34. The summed E-state index contributed by atoms with van der Waals surface area (Å²) in [5.41, 5.74) is 0.792. The maximum Gasteiger partial charge on any atom is 0.227 e. The van der Waals surface area contributed by atoms with Gasteiger partial charge >= 0.3 is 0 Å². The van der Waals surface area contributed by atoms with Crippen LogP contribution in [-0.4, -0.2) is 62.5 Å². The van der Waals surface area contributed by atoms with E-state index in [9.17, 15) is 9.59 Å². The average Bonchev–Trinajstić information content (AvgIpc) is 2.98. The first-order valence-corrected chi connectivity index (χ1v) is 8.78. The summed E-state index contributed by atoms with van der Waals surface area (Å²) >= 11 is 5.88. The molecule has 2 amide bonds. The Morgan fingerprint density at radius 2 is 1.92 bits per heavy atom. The molecule has 2 N–H and O–H groups in total. The van der Waals surface area contributed by atoms with E-state index in [1.54, 1.807) is 17.0 Å². The zero-order valence-electron chi connectivity index (χ0n) is 14.0. The van der Waals surface area contributed by atoms with Crippen molar-refractivity contribution in [2.24, 2.45) is 5.92 Å². The molecule has 0 aromatic heterocycles. The van der Waals surface area contributed by atoms with Gasteiger partial charge in [-0.1, -0.05) is 11.6 Å². The van der Waals surface area contributed by atoms with Crippen molar-refractivity contribution in [1.82, 2.24) is 15.5 Å². The monoisotopic (exact) mass is 386 g/mol. The lowest BCUT2D eigenvalue weighted by atomic mass is 10.1. The maximum atomic E-state index is 12.3. The van der Waals surface area contributed by atoms with Crippen molar-refractivity contribution < 1.29 is 9.59 Å². The highest BCUT2D eigenvalue weighted by atomic mass is 35.5. The van der Waals surface area contributed by atoms with Gasteiger partial charge in [0, 0.05) is 62.9 Å². The molecule has 1 aromatic carbocycles. The molecular formula is C17H24Cl2N4O2. The van der Waals surface area contributed by atoms with E-state index in [-0.39, 0.29) is 36.6 Å². The van der Waals surface area contributed by atoms with Crippen LogP contribution >= 0.6 is 24.0 Å². The highest BCUT2D eigenvalue weighted by molar-refractivity contribution is 6.30. The van der Waals surface area contributed by atoms with Crippen LogP contribution in [0.15, 0.2) is 24.3 Å². The summed E-state index contributed by atoms with van der Waals surface area (Å²) in [7, 11) is 0. The first kappa shape index (κ1) is 20.0. The first-order chi connectivity index (χ1) is 11.6. The SMILES string of the molecule is Cl.O=C(NCCN1CCNCC1)C1CC(=O)N(c2ccc(Cl)cc2)C1. The van der Waals surface area contributed by atoms with Crippen LogP contribution in [0.4, 0.5) is 5.69 Å². The molecular weight excluding hydrogens is 363 g/mol. The fourth-order valence-electron chi connectivity index (χ4n) is 3.17. The molecule has 1 aromatic rings. The summed E-state index contributed by atoms with van der Waals surface area (Å²) < 4.78 is 0. The topological polar surface area (TPSA) is 64.7 Å². The number of nitrogens with zero attached hydrogens (tertiary/aromatic N) is 2. The molecule has 0 bridgehead atoms. The number of amides is 2. The first-order valence-electron chi connectivity index (χ1n) is 8.40. The summed E-state index contributed by atoms with van der Waals surface area (Å²) in [5.74, 6) is -0.328. The predicted molar refractivity (Wildman–Crippen MR) is 101 cm³/mol. The van der Waals surface area contributed by atoms with Crippen LogP contribution in [0, 0.1) is 5.92 Å². The van der Waals surface area contributed by atoms with Gasteiger partial charge in [-0.05, 0) is 24.3 Å². The third-order valence-electron chi connectivity index (χ3n) is 4.57. The summed E-state index contributed by atoms with van der Waals surface area (Å²) in [6, 6.07) is 7.13.